The quantitative estimate of drug-likeness (QED) is 0.929. The van der Waals surface area contributed by atoms with Gasteiger partial charge in [-0.15, -0.1) is 0 Å². The highest BCUT2D eigenvalue weighted by Gasteiger charge is 2.28. The molecule has 1 amide bonds. The van der Waals surface area contributed by atoms with Crippen LogP contribution in [0.4, 0.5) is 0 Å². The minimum atomic E-state index is -1.03. The van der Waals surface area contributed by atoms with Gasteiger partial charge in [-0.1, -0.05) is 5.16 Å². The lowest BCUT2D eigenvalue weighted by Gasteiger charge is -2.30. The van der Waals surface area contributed by atoms with Crippen molar-refractivity contribution in [3.8, 4) is 0 Å². The summed E-state index contributed by atoms with van der Waals surface area (Å²) < 4.78 is 5.21. The van der Waals surface area contributed by atoms with Crippen LogP contribution in [0.25, 0.3) is 0 Å². The number of hydrogen-bond donors (Lipinski definition) is 1. The highest BCUT2D eigenvalue weighted by molar-refractivity contribution is 5.97. The molecule has 3 rings (SSSR count). The summed E-state index contributed by atoms with van der Waals surface area (Å²) in [5.41, 5.74) is 1.31. The summed E-state index contributed by atoms with van der Waals surface area (Å²) >= 11 is 0. The number of nitrogens with zero attached hydrogens (tertiary/aromatic N) is 3. The fraction of sp³-hybridized carbons (Fsp3) is 0.412. The largest absolute Gasteiger partial charge is 0.478 e. The molecule has 1 aromatic heterocycles. The molecule has 1 aliphatic heterocycles. The number of piperidine rings is 1. The Labute approximate surface area is 139 Å². The van der Waals surface area contributed by atoms with Crippen LogP contribution in [0.1, 0.15) is 56.8 Å². The van der Waals surface area contributed by atoms with Gasteiger partial charge >= 0.3 is 5.97 Å². The third-order valence-electron chi connectivity index (χ3n) is 4.25. The second-order valence-corrected chi connectivity index (χ2v) is 6.14. The maximum absolute atomic E-state index is 12.7. The van der Waals surface area contributed by atoms with Gasteiger partial charge in [0.1, 0.15) is 0 Å². The van der Waals surface area contributed by atoms with Crippen molar-refractivity contribution in [3.63, 3.8) is 0 Å². The molecule has 24 heavy (non-hydrogen) atoms. The number of aromatic nitrogens is 2. The number of aryl methyl sites for hydroxylation is 2. The maximum atomic E-state index is 12.7. The number of hydrogen-bond acceptors (Lipinski definition) is 5. The molecule has 0 spiro atoms. The molecule has 0 saturated carbocycles. The van der Waals surface area contributed by atoms with Crippen molar-refractivity contribution in [2.75, 3.05) is 13.1 Å². The molecule has 7 nitrogen and oxygen atoms in total. The van der Waals surface area contributed by atoms with Crippen molar-refractivity contribution < 1.29 is 19.2 Å². The van der Waals surface area contributed by atoms with Crippen LogP contribution in [0, 0.1) is 13.8 Å². The fourth-order valence-electron chi connectivity index (χ4n) is 3.02. The second kappa shape index (κ2) is 6.43. The lowest BCUT2D eigenvalue weighted by molar-refractivity contribution is 0.0696. The molecule has 1 saturated heterocycles. The average Bonchev–Trinajstić information content (AvgIpc) is 3.00. The van der Waals surface area contributed by atoms with Crippen molar-refractivity contribution in [3.05, 3.63) is 46.6 Å². The fourth-order valence-corrected chi connectivity index (χ4v) is 3.02. The van der Waals surface area contributed by atoms with Crippen molar-refractivity contribution in [2.45, 2.75) is 32.6 Å². The summed E-state index contributed by atoms with van der Waals surface area (Å²) in [6.07, 6.45) is 1.51. The predicted molar refractivity (Wildman–Crippen MR) is 85.1 cm³/mol. The predicted octanol–water partition coefficient (Wildman–Crippen LogP) is 2.40. The lowest BCUT2D eigenvalue weighted by Crippen LogP contribution is -2.38. The molecular weight excluding hydrogens is 310 g/mol. The maximum Gasteiger partial charge on any atom is 0.335 e. The topological polar surface area (TPSA) is 96.5 Å². The number of aromatic carboxylic acids is 1. The number of carboxylic acids is 1. The van der Waals surface area contributed by atoms with E-state index in [1.54, 1.807) is 30.9 Å². The Balaban J connectivity index is 1.70. The summed E-state index contributed by atoms with van der Waals surface area (Å²) in [6.45, 7) is 4.74. The normalized spacial score (nSPS) is 15.5. The first-order valence-electron chi connectivity index (χ1n) is 7.88. The highest BCUT2D eigenvalue weighted by Crippen LogP contribution is 2.27. The van der Waals surface area contributed by atoms with E-state index in [0.29, 0.717) is 30.4 Å². The molecule has 1 N–H and O–H groups in total. The van der Waals surface area contributed by atoms with E-state index in [0.717, 1.165) is 18.4 Å². The molecule has 126 valence electrons. The number of likely N-dealkylation sites (tertiary alicyclic amines) is 1. The number of carbonyl (C=O) groups is 2. The summed E-state index contributed by atoms with van der Waals surface area (Å²) in [4.78, 5) is 29.8. The number of carbonyl (C=O) groups excluding carboxylic acids is 1. The molecular formula is C17H19N3O4. The molecule has 0 aliphatic carbocycles. The number of rotatable bonds is 3. The Hall–Kier alpha value is -2.70. The van der Waals surface area contributed by atoms with E-state index in [4.69, 9.17) is 9.63 Å². The number of benzene rings is 1. The Morgan fingerprint density at radius 2 is 1.83 bits per heavy atom. The van der Waals surface area contributed by atoms with E-state index in [1.165, 1.54) is 6.07 Å². The summed E-state index contributed by atoms with van der Waals surface area (Å²) in [5, 5.41) is 12.9. The molecule has 1 fully saturated rings. The van der Waals surface area contributed by atoms with Crippen LogP contribution in [0.5, 0.6) is 0 Å². The van der Waals surface area contributed by atoms with Gasteiger partial charge < -0.3 is 14.5 Å². The van der Waals surface area contributed by atoms with Gasteiger partial charge in [0.05, 0.1) is 5.56 Å². The monoisotopic (exact) mass is 329 g/mol. The Bertz CT molecular complexity index is 776. The van der Waals surface area contributed by atoms with Crippen LogP contribution < -0.4 is 0 Å². The standard InChI is InChI=1S/C17H19N3O4/c1-10-7-13(9-14(8-10)17(22)23)16(21)20-5-3-12(4-6-20)15-18-11(2)19-24-15/h7-9,12H,3-6H2,1-2H3,(H,22,23). The van der Waals surface area contributed by atoms with Crippen molar-refractivity contribution in [2.24, 2.45) is 0 Å². The van der Waals surface area contributed by atoms with Crippen molar-refractivity contribution >= 4 is 11.9 Å². The van der Waals surface area contributed by atoms with Gasteiger partial charge in [0, 0.05) is 24.6 Å². The van der Waals surface area contributed by atoms with Gasteiger partial charge in [-0.2, -0.15) is 4.98 Å². The lowest BCUT2D eigenvalue weighted by atomic mass is 9.96. The zero-order chi connectivity index (χ0) is 17.3. The Morgan fingerprint density at radius 1 is 1.17 bits per heavy atom. The van der Waals surface area contributed by atoms with Gasteiger partial charge in [-0.25, -0.2) is 4.79 Å². The Morgan fingerprint density at radius 3 is 2.42 bits per heavy atom. The van der Waals surface area contributed by atoms with Crippen molar-refractivity contribution in [1.82, 2.24) is 15.0 Å². The molecule has 0 radical (unpaired) electrons. The highest BCUT2D eigenvalue weighted by atomic mass is 16.5. The first-order valence-corrected chi connectivity index (χ1v) is 7.88. The van der Waals surface area contributed by atoms with Crippen LogP contribution in [-0.2, 0) is 0 Å². The van der Waals surface area contributed by atoms with E-state index in [9.17, 15) is 9.59 Å². The van der Waals surface area contributed by atoms with Crippen LogP contribution in [-0.4, -0.2) is 45.1 Å². The minimum Gasteiger partial charge on any atom is -0.478 e. The van der Waals surface area contributed by atoms with Gasteiger partial charge in [0.15, 0.2) is 5.82 Å². The molecule has 0 unspecified atom stereocenters. The molecule has 1 aliphatic rings. The summed E-state index contributed by atoms with van der Waals surface area (Å²) in [6, 6.07) is 4.72. The molecule has 0 atom stereocenters. The van der Waals surface area contributed by atoms with Gasteiger partial charge in [-0.3, -0.25) is 4.79 Å². The third kappa shape index (κ3) is 3.29. The molecule has 2 heterocycles. The average molecular weight is 329 g/mol. The number of amides is 1. The Kier molecular flexibility index (Phi) is 4.33. The van der Waals surface area contributed by atoms with Crippen LogP contribution in [0.3, 0.4) is 0 Å². The van der Waals surface area contributed by atoms with E-state index in [2.05, 4.69) is 10.1 Å². The SMILES string of the molecule is Cc1cc(C(=O)O)cc(C(=O)N2CCC(c3nc(C)no3)CC2)c1. The van der Waals surface area contributed by atoms with Crippen LogP contribution in [0.2, 0.25) is 0 Å². The number of carboxylic acid groups (broad SMARTS) is 1. The van der Waals surface area contributed by atoms with Gasteiger partial charge in [0.2, 0.25) is 5.89 Å². The van der Waals surface area contributed by atoms with E-state index >= 15 is 0 Å². The molecule has 1 aromatic carbocycles. The van der Waals surface area contributed by atoms with E-state index in [1.807, 2.05) is 0 Å². The molecule has 2 aromatic rings. The summed E-state index contributed by atoms with van der Waals surface area (Å²) in [7, 11) is 0. The first-order chi connectivity index (χ1) is 11.4. The zero-order valence-corrected chi connectivity index (χ0v) is 13.7. The van der Waals surface area contributed by atoms with E-state index < -0.39 is 5.97 Å². The summed E-state index contributed by atoms with van der Waals surface area (Å²) in [5.74, 6) is 0.245. The first kappa shape index (κ1) is 16.2. The van der Waals surface area contributed by atoms with Crippen LogP contribution in [0.15, 0.2) is 22.7 Å². The van der Waals surface area contributed by atoms with E-state index in [-0.39, 0.29) is 17.4 Å². The third-order valence-corrected chi connectivity index (χ3v) is 4.25. The minimum absolute atomic E-state index is 0.134. The van der Waals surface area contributed by atoms with Gasteiger partial charge in [-0.05, 0) is 50.5 Å². The van der Waals surface area contributed by atoms with Crippen LogP contribution >= 0.6 is 0 Å². The molecule has 0 bridgehead atoms. The smallest absolute Gasteiger partial charge is 0.335 e. The zero-order valence-electron chi connectivity index (χ0n) is 13.7. The molecule has 7 heteroatoms. The van der Waals surface area contributed by atoms with Crippen molar-refractivity contribution in [1.29, 1.82) is 0 Å². The second-order valence-electron chi connectivity index (χ2n) is 6.14. The van der Waals surface area contributed by atoms with Gasteiger partial charge in [0.25, 0.3) is 5.91 Å².